The molecule has 3 rings (SSSR count). The summed E-state index contributed by atoms with van der Waals surface area (Å²) in [5.74, 6) is 5.53. The summed E-state index contributed by atoms with van der Waals surface area (Å²) in [5.41, 5.74) is 8.59. The molecule has 0 unspecified atom stereocenters. The van der Waals surface area contributed by atoms with E-state index in [0.717, 1.165) is 36.3 Å². The normalized spacial score (nSPS) is 15.1. The Kier molecular flexibility index (Phi) is 4.54. The molecule has 1 aromatic carbocycles. The second-order valence-electron chi connectivity index (χ2n) is 5.06. The van der Waals surface area contributed by atoms with Crippen LogP contribution in [-0.4, -0.2) is 23.7 Å². The Hall–Kier alpha value is -2.45. The molecule has 1 aliphatic carbocycles. The van der Waals surface area contributed by atoms with Crippen LogP contribution in [0.1, 0.15) is 34.5 Å². The molecule has 1 amide bonds. The summed E-state index contributed by atoms with van der Waals surface area (Å²) in [6.07, 6.45) is 2.96. The number of methoxy groups -OCH3 is 1. The van der Waals surface area contributed by atoms with Crippen molar-refractivity contribution in [3.63, 3.8) is 0 Å². The first-order chi connectivity index (χ1) is 11.2. The standard InChI is InChI=1S/C15H17N5O2S/c1-22-10-5-6-11-9(7-10)3-2-4-12(11)19-20-15-17-13(8-23-15)14(21)18-16/h5-8H,2-4,16H2,1H3,(H,17,20)(H,18,21)/b19-12-. The smallest absolute Gasteiger partial charge is 0.284 e. The number of anilines is 1. The van der Waals surface area contributed by atoms with Crippen LogP contribution in [0.25, 0.3) is 0 Å². The van der Waals surface area contributed by atoms with Gasteiger partial charge in [0, 0.05) is 10.9 Å². The van der Waals surface area contributed by atoms with Crippen molar-refractivity contribution in [2.24, 2.45) is 10.9 Å². The first-order valence-corrected chi connectivity index (χ1v) is 8.05. The van der Waals surface area contributed by atoms with Crippen molar-refractivity contribution in [1.82, 2.24) is 10.4 Å². The van der Waals surface area contributed by atoms with Crippen molar-refractivity contribution < 1.29 is 9.53 Å². The molecule has 0 radical (unpaired) electrons. The lowest BCUT2D eigenvalue weighted by molar-refractivity contribution is 0.0949. The van der Waals surface area contributed by atoms with Crippen molar-refractivity contribution in [3.8, 4) is 5.75 Å². The Bertz CT molecular complexity index is 756. The predicted octanol–water partition coefficient (Wildman–Crippen LogP) is 1.91. The Labute approximate surface area is 137 Å². The molecule has 1 aromatic heterocycles. The number of nitrogens with two attached hydrogens (primary N) is 1. The summed E-state index contributed by atoms with van der Waals surface area (Å²) in [5, 5.41) is 6.64. The zero-order chi connectivity index (χ0) is 16.2. The third-order valence-corrected chi connectivity index (χ3v) is 4.38. The molecule has 7 nitrogen and oxygen atoms in total. The van der Waals surface area contributed by atoms with Gasteiger partial charge in [0.2, 0.25) is 5.13 Å². The highest BCUT2D eigenvalue weighted by atomic mass is 32.1. The van der Waals surface area contributed by atoms with E-state index in [4.69, 9.17) is 10.6 Å². The van der Waals surface area contributed by atoms with Crippen LogP contribution in [0, 0.1) is 0 Å². The van der Waals surface area contributed by atoms with Crippen molar-refractivity contribution in [1.29, 1.82) is 0 Å². The number of benzene rings is 1. The molecule has 1 aliphatic rings. The van der Waals surface area contributed by atoms with Crippen LogP contribution >= 0.6 is 11.3 Å². The van der Waals surface area contributed by atoms with E-state index in [9.17, 15) is 4.79 Å². The molecule has 0 bridgehead atoms. The number of aromatic nitrogens is 1. The first-order valence-electron chi connectivity index (χ1n) is 7.17. The highest BCUT2D eigenvalue weighted by Crippen LogP contribution is 2.26. The third kappa shape index (κ3) is 3.33. The highest BCUT2D eigenvalue weighted by molar-refractivity contribution is 7.13. The van der Waals surface area contributed by atoms with Gasteiger partial charge >= 0.3 is 0 Å². The number of fused-ring (bicyclic) bond motifs is 1. The SMILES string of the molecule is COc1ccc2c(c1)CCC/C2=N/Nc1nc(C(=O)NN)cs1. The molecule has 0 spiro atoms. The van der Waals surface area contributed by atoms with Gasteiger partial charge in [0.25, 0.3) is 5.91 Å². The predicted molar refractivity (Wildman–Crippen MR) is 89.9 cm³/mol. The summed E-state index contributed by atoms with van der Waals surface area (Å²) < 4.78 is 5.27. The van der Waals surface area contributed by atoms with Gasteiger partial charge in [0.05, 0.1) is 12.8 Å². The number of nitrogens with zero attached hydrogens (tertiary/aromatic N) is 2. The van der Waals surface area contributed by atoms with Gasteiger partial charge < -0.3 is 4.74 Å². The second kappa shape index (κ2) is 6.76. The van der Waals surface area contributed by atoms with E-state index in [1.54, 1.807) is 12.5 Å². The van der Waals surface area contributed by atoms with Gasteiger partial charge in [-0.15, -0.1) is 11.3 Å². The zero-order valence-electron chi connectivity index (χ0n) is 12.6. The molecule has 1 heterocycles. The Morgan fingerprint density at radius 3 is 3.09 bits per heavy atom. The first kappa shape index (κ1) is 15.4. The lowest BCUT2D eigenvalue weighted by Gasteiger charge is -2.18. The molecule has 0 aliphatic heterocycles. The number of rotatable bonds is 4. The van der Waals surface area contributed by atoms with E-state index < -0.39 is 5.91 Å². The topological polar surface area (TPSA) is 102 Å². The minimum Gasteiger partial charge on any atom is -0.497 e. The fourth-order valence-corrected chi connectivity index (χ4v) is 3.13. The lowest BCUT2D eigenvalue weighted by Crippen LogP contribution is -2.30. The Morgan fingerprint density at radius 2 is 2.30 bits per heavy atom. The average Bonchev–Trinajstić information content (AvgIpc) is 3.07. The van der Waals surface area contributed by atoms with E-state index in [0.29, 0.717) is 5.13 Å². The van der Waals surface area contributed by atoms with E-state index in [2.05, 4.69) is 27.0 Å². The van der Waals surface area contributed by atoms with E-state index in [1.807, 2.05) is 12.1 Å². The monoisotopic (exact) mass is 331 g/mol. The second-order valence-corrected chi connectivity index (χ2v) is 5.92. The molecule has 0 fully saturated rings. The summed E-state index contributed by atoms with van der Waals surface area (Å²) in [7, 11) is 1.67. The number of nitrogens with one attached hydrogen (secondary N) is 2. The molecule has 4 N–H and O–H groups in total. The number of ether oxygens (including phenoxy) is 1. The zero-order valence-corrected chi connectivity index (χ0v) is 13.4. The van der Waals surface area contributed by atoms with Crippen LogP contribution in [0.4, 0.5) is 5.13 Å². The molecule has 120 valence electrons. The summed E-state index contributed by atoms with van der Waals surface area (Å²) in [6, 6.07) is 6.02. The van der Waals surface area contributed by atoms with E-state index in [1.165, 1.54) is 16.9 Å². The number of hydrazone groups is 1. The van der Waals surface area contributed by atoms with Gasteiger partial charge in [0.15, 0.2) is 0 Å². The minimum absolute atomic E-state index is 0.272. The molecule has 0 saturated heterocycles. The number of thiazole rings is 1. The number of nitrogen functional groups attached to an aromatic ring is 1. The summed E-state index contributed by atoms with van der Waals surface area (Å²) >= 11 is 1.30. The van der Waals surface area contributed by atoms with Crippen LogP contribution in [0.2, 0.25) is 0 Å². The van der Waals surface area contributed by atoms with Gasteiger partial charge in [-0.3, -0.25) is 15.6 Å². The van der Waals surface area contributed by atoms with Crippen LogP contribution < -0.4 is 21.4 Å². The van der Waals surface area contributed by atoms with Gasteiger partial charge in [-0.2, -0.15) is 5.10 Å². The quantitative estimate of drug-likeness (QED) is 0.451. The summed E-state index contributed by atoms with van der Waals surface area (Å²) in [6.45, 7) is 0. The maximum atomic E-state index is 11.4. The maximum Gasteiger partial charge on any atom is 0.284 e. The summed E-state index contributed by atoms with van der Waals surface area (Å²) in [4.78, 5) is 15.5. The third-order valence-electron chi connectivity index (χ3n) is 3.64. The van der Waals surface area contributed by atoms with Gasteiger partial charge in [-0.25, -0.2) is 10.8 Å². The van der Waals surface area contributed by atoms with Crippen LogP contribution in [0.3, 0.4) is 0 Å². The van der Waals surface area contributed by atoms with Gasteiger partial charge in [-0.1, -0.05) is 0 Å². The number of carbonyl (C=O) groups is 1. The minimum atomic E-state index is -0.419. The molecule has 0 saturated carbocycles. The van der Waals surface area contributed by atoms with Crippen molar-refractivity contribution in [2.45, 2.75) is 19.3 Å². The molecular weight excluding hydrogens is 314 g/mol. The largest absolute Gasteiger partial charge is 0.497 e. The van der Waals surface area contributed by atoms with Crippen LogP contribution in [0.15, 0.2) is 28.7 Å². The fraction of sp³-hybridized carbons (Fsp3) is 0.267. The number of amides is 1. The lowest BCUT2D eigenvalue weighted by atomic mass is 9.90. The number of hydrazine groups is 1. The fourth-order valence-electron chi connectivity index (χ4n) is 2.50. The van der Waals surface area contributed by atoms with Crippen molar-refractivity contribution in [2.75, 3.05) is 12.5 Å². The molecule has 8 heteroatoms. The van der Waals surface area contributed by atoms with E-state index in [-0.39, 0.29) is 5.69 Å². The average molecular weight is 331 g/mol. The number of carbonyl (C=O) groups excluding carboxylic acids is 1. The van der Waals surface area contributed by atoms with Gasteiger partial charge in [0.1, 0.15) is 11.4 Å². The highest BCUT2D eigenvalue weighted by Gasteiger charge is 2.16. The Balaban J connectivity index is 1.79. The number of hydrogen-bond donors (Lipinski definition) is 3. The Morgan fingerprint density at radius 1 is 1.43 bits per heavy atom. The van der Waals surface area contributed by atoms with E-state index >= 15 is 0 Å². The molecule has 23 heavy (non-hydrogen) atoms. The van der Waals surface area contributed by atoms with Crippen molar-refractivity contribution >= 4 is 28.1 Å². The molecule has 2 aromatic rings. The van der Waals surface area contributed by atoms with Crippen molar-refractivity contribution in [3.05, 3.63) is 40.4 Å². The maximum absolute atomic E-state index is 11.4. The number of hydrogen-bond acceptors (Lipinski definition) is 7. The van der Waals surface area contributed by atoms with Gasteiger partial charge in [-0.05, 0) is 43.0 Å². The van der Waals surface area contributed by atoms with Crippen LogP contribution in [-0.2, 0) is 6.42 Å². The van der Waals surface area contributed by atoms with Crippen LogP contribution in [0.5, 0.6) is 5.75 Å². The number of aryl methyl sites for hydroxylation is 1. The molecular formula is C15H17N5O2S. The molecule has 0 atom stereocenters.